The molecule has 0 radical (unpaired) electrons. The van der Waals surface area contributed by atoms with Gasteiger partial charge in [0.2, 0.25) is 5.91 Å². The number of amides is 1. The molecule has 162 valence electrons. The van der Waals surface area contributed by atoms with E-state index in [0.29, 0.717) is 16.3 Å². The van der Waals surface area contributed by atoms with Gasteiger partial charge in [-0.15, -0.1) is 0 Å². The van der Waals surface area contributed by atoms with E-state index in [2.05, 4.69) is 0 Å². The standard InChI is InChI=1S/C24H23ClN6O/c25-20-5-3-4-17(12-20)16-31(21-9-7-18(8-10-21)19(14-26)15-27)24(32)13-23(29)30-11-2-1-6-22(30)28/h1-12,14-15,26,28-29H,13,16,27H2. The Balaban J connectivity index is 1.92. The second kappa shape index (κ2) is 10.4. The number of rotatable bonds is 7. The molecule has 5 N–H and O–H groups in total. The first-order valence-electron chi connectivity index (χ1n) is 9.80. The van der Waals surface area contributed by atoms with Crippen molar-refractivity contribution in [1.82, 2.24) is 4.57 Å². The van der Waals surface area contributed by atoms with Gasteiger partial charge in [0.25, 0.3) is 0 Å². The first-order chi connectivity index (χ1) is 15.4. The third-order valence-corrected chi connectivity index (χ3v) is 5.08. The van der Waals surface area contributed by atoms with Crippen LogP contribution in [0, 0.1) is 16.2 Å². The number of nitrogens with one attached hydrogen (secondary N) is 3. The Bertz CT molecular complexity index is 1230. The number of carbonyl (C=O) groups excluding carboxylic acids is 1. The van der Waals surface area contributed by atoms with E-state index in [9.17, 15) is 4.79 Å². The van der Waals surface area contributed by atoms with Crippen LogP contribution in [0.25, 0.3) is 5.57 Å². The van der Waals surface area contributed by atoms with Crippen molar-refractivity contribution in [2.45, 2.75) is 13.0 Å². The second-order valence-electron chi connectivity index (χ2n) is 7.00. The zero-order chi connectivity index (χ0) is 23.1. The maximum atomic E-state index is 13.3. The lowest BCUT2D eigenvalue weighted by Crippen LogP contribution is -2.35. The molecule has 1 aromatic heterocycles. The molecule has 0 spiro atoms. The summed E-state index contributed by atoms with van der Waals surface area (Å²) in [6, 6.07) is 19.4. The van der Waals surface area contributed by atoms with E-state index < -0.39 is 0 Å². The average Bonchev–Trinajstić information content (AvgIpc) is 2.79. The Morgan fingerprint density at radius 1 is 1.09 bits per heavy atom. The lowest BCUT2D eigenvalue weighted by molar-refractivity contribution is -0.117. The average molecular weight is 447 g/mol. The van der Waals surface area contributed by atoms with Crippen molar-refractivity contribution in [1.29, 1.82) is 16.2 Å². The van der Waals surface area contributed by atoms with E-state index in [0.717, 1.165) is 11.1 Å². The van der Waals surface area contributed by atoms with Gasteiger partial charge in [0.15, 0.2) is 0 Å². The van der Waals surface area contributed by atoms with Gasteiger partial charge in [0, 0.05) is 34.9 Å². The Morgan fingerprint density at radius 2 is 1.84 bits per heavy atom. The highest BCUT2D eigenvalue weighted by molar-refractivity contribution is 6.30. The second-order valence-corrected chi connectivity index (χ2v) is 7.44. The summed E-state index contributed by atoms with van der Waals surface area (Å²) < 4.78 is 1.36. The number of aromatic nitrogens is 1. The van der Waals surface area contributed by atoms with Crippen LogP contribution in [-0.4, -0.2) is 22.5 Å². The SMILES string of the molecule is N=CC(=CN)c1ccc(N(Cc2cccc(Cl)c2)C(=O)CC(=N)n2ccccc2=N)cc1. The van der Waals surface area contributed by atoms with Gasteiger partial charge in [-0.1, -0.05) is 41.9 Å². The van der Waals surface area contributed by atoms with E-state index in [1.807, 2.05) is 12.1 Å². The van der Waals surface area contributed by atoms with E-state index in [1.54, 1.807) is 65.7 Å². The van der Waals surface area contributed by atoms with Crippen LogP contribution < -0.4 is 16.1 Å². The smallest absolute Gasteiger partial charge is 0.234 e. The number of benzene rings is 2. The number of hydrogen-bond acceptors (Lipinski definition) is 5. The molecule has 0 bridgehead atoms. The normalized spacial score (nSPS) is 11.1. The number of anilines is 1. The van der Waals surface area contributed by atoms with Crippen LogP contribution in [0.3, 0.4) is 0 Å². The largest absolute Gasteiger partial charge is 0.404 e. The van der Waals surface area contributed by atoms with Crippen LogP contribution >= 0.6 is 11.6 Å². The number of pyridine rings is 1. The molecular formula is C24H23ClN6O. The molecule has 0 saturated carbocycles. The van der Waals surface area contributed by atoms with Crippen molar-refractivity contribution in [2.24, 2.45) is 5.73 Å². The molecule has 8 heteroatoms. The summed E-state index contributed by atoms with van der Waals surface area (Å²) >= 11 is 6.12. The molecule has 7 nitrogen and oxygen atoms in total. The molecular weight excluding hydrogens is 424 g/mol. The molecule has 0 saturated heterocycles. The number of nitrogens with two attached hydrogens (primary N) is 1. The summed E-state index contributed by atoms with van der Waals surface area (Å²) in [5, 5.41) is 24.3. The lowest BCUT2D eigenvalue weighted by Gasteiger charge is -2.24. The van der Waals surface area contributed by atoms with E-state index >= 15 is 0 Å². The molecule has 3 aromatic rings. The highest BCUT2D eigenvalue weighted by atomic mass is 35.5. The predicted octanol–water partition coefficient (Wildman–Crippen LogP) is 4.02. The maximum absolute atomic E-state index is 13.3. The molecule has 0 aliphatic rings. The van der Waals surface area contributed by atoms with Gasteiger partial charge >= 0.3 is 0 Å². The molecule has 0 aliphatic heterocycles. The molecule has 0 unspecified atom stereocenters. The Kier molecular flexibility index (Phi) is 7.36. The van der Waals surface area contributed by atoms with Crippen molar-refractivity contribution in [3.05, 3.63) is 101 Å². The minimum atomic E-state index is -0.292. The quantitative estimate of drug-likeness (QED) is 0.323. The van der Waals surface area contributed by atoms with Gasteiger partial charge < -0.3 is 16.0 Å². The molecule has 2 aromatic carbocycles. The van der Waals surface area contributed by atoms with Gasteiger partial charge in [-0.25, -0.2) is 0 Å². The number of nitrogens with zero attached hydrogens (tertiary/aromatic N) is 2. The molecule has 3 rings (SSSR count). The first-order valence-corrected chi connectivity index (χ1v) is 10.2. The minimum absolute atomic E-state index is 0.00507. The molecule has 0 aliphatic carbocycles. The van der Waals surface area contributed by atoms with E-state index in [-0.39, 0.29) is 30.2 Å². The zero-order valence-corrected chi connectivity index (χ0v) is 18.0. The number of carbonyl (C=O) groups is 1. The third-order valence-electron chi connectivity index (χ3n) is 4.85. The Morgan fingerprint density at radius 3 is 2.47 bits per heavy atom. The number of halogens is 1. The highest BCUT2D eigenvalue weighted by Crippen LogP contribution is 2.23. The zero-order valence-electron chi connectivity index (χ0n) is 17.3. The summed E-state index contributed by atoms with van der Waals surface area (Å²) in [4.78, 5) is 14.8. The summed E-state index contributed by atoms with van der Waals surface area (Å²) in [7, 11) is 0. The predicted molar refractivity (Wildman–Crippen MR) is 128 cm³/mol. The number of hydrogen-bond donors (Lipinski definition) is 4. The fraction of sp³-hybridized carbons (Fsp3) is 0.0833. The molecule has 0 atom stereocenters. The van der Waals surface area contributed by atoms with Crippen LogP contribution in [0.15, 0.2) is 79.1 Å². The van der Waals surface area contributed by atoms with Crippen molar-refractivity contribution < 1.29 is 4.79 Å². The fourth-order valence-corrected chi connectivity index (χ4v) is 3.42. The topological polar surface area (TPSA) is 123 Å². The van der Waals surface area contributed by atoms with E-state index in [4.69, 9.17) is 33.6 Å². The van der Waals surface area contributed by atoms with Crippen LogP contribution in [0.4, 0.5) is 5.69 Å². The van der Waals surface area contributed by atoms with Crippen molar-refractivity contribution in [2.75, 3.05) is 4.90 Å². The number of allylic oxidation sites excluding steroid dienone is 1. The summed E-state index contributed by atoms with van der Waals surface area (Å²) in [5.41, 5.74) is 8.50. The van der Waals surface area contributed by atoms with Crippen LogP contribution in [0.2, 0.25) is 5.02 Å². The van der Waals surface area contributed by atoms with Crippen LogP contribution in [0.1, 0.15) is 17.5 Å². The van der Waals surface area contributed by atoms with Crippen molar-refractivity contribution in [3.8, 4) is 0 Å². The molecule has 0 fully saturated rings. The van der Waals surface area contributed by atoms with Crippen molar-refractivity contribution >= 4 is 40.8 Å². The van der Waals surface area contributed by atoms with Gasteiger partial charge in [0.1, 0.15) is 11.3 Å². The minimum Gasteiger partial charge on any atom is -0.404 e. The molecule has 32 heavy (non-hydrogen) atoms. The monoisotopic (exact) mass is 446 g/mol. The van der Waals surface area contributed by atoms with Gasteiger partial charge in [0.05, 0.1) is 13.0 Å². The highest BCUT2D eigenvalue weighted by Gasteiger charge is 2.19. The first kappa shape index (κ1) is 22.7. The van der Waals surface area contributed by atoms with Crippen LogP contribution in [0.5, 0.6) is 0 Å². The van der Waals surface area contributed by atoms with Gasteiger partial charge in [-0.2, -0.15) is 0 Å². The summed E-state index contributed by atoms with van der Waals surface area (Å²) in [5.74, 6) is -0.286. The maximum Gasteiger partial charge on any atom is 0.234 e. The Hall–Kier alpha value is -3.97. The molecule has 1 heterocycles. The van der Waals surface area contributed by atoms with Gasteiger partial charge in [-0.05, 0) is 47.5 Å². The van der Waals surface area contributed by atoms with Crippen LogP contribution in [-0.2, 0) is 11.3 Å². The summed E-state index contributed by atoms with van der Waals surface area (Å²) in [6.07, 6.45) is 3.93. The Labute approximate surface area is 190 Å². The fourth-order valence-electron chi connectivity index (χ4n) is 3.21. The van der Waals surface area contributed by atoms with E-state index in [1.165, 1.54) is 17.0 Å². The lowest BCUT2D eigenvalue weighted by atomic mass is 10.1. The third kappa shape index (κ3) is 5.39. The van der Waals surface area contributed by atoms with Gasteiger partial charge in [-0.3, -0.25) is 20.2 Å². The molecule has 1 amide bonds. The summed E-state index contributed by atoms with van der Waals surface area (Å²) in [6.45, 7) is 0.267. The van der Waals surface area contributed by atoms with Crippen molar-refractivity contribution in [3.63, 3.8) is 0 Å².